The molecule has 0 amide bonds. The Labute approximate surface area is 141 Å². The quantitative estimate of drug-likeness (QED) is 0.377. The molecule has 124 valence electrons. The zero-order valence-electron chi connectivity index (χ0n) is 13.7. The summed E-state index contributed by atoms with van der Waals surface area (Å²) >= 11 is 1.63. The van der Waals surface area contributed by atoms with Gasteiger partial charge in [-0.3, -0.25) is 0 Å². The van der Waals surface area contributed by atoms with E-state index in [0.29, 0.717) is 6.61 Å². The van der Waals surface area contributed by atoms with E-state index in [0.717, 1.165) is 47.8 Å². The van der Waals surface area contributed by atoms with Crippen molar-refractivity contribution >= 4 is 11.8 Å². The van der Waals surface area contributed by atoms with Crippen LogP contribution in [-0.2, 0) is 6.54 Å². The Kier molecular flexibility index (Phi) is 7.00. The zero-order chi connectivity index (χ0) is 16.5. The molecule has 1 heterocycles. The van der Waals surface area contributed by atoms with E-state index < -0.39 is 0 Å². The molecular formula is C17H23N3O2S. The first-order valence-corrected chi connectivity index (χ1v) is 8.72. The lowest BCUT2D eigenvalue weighted by atomic mass is 10.3. The van der Waals surface area contributed by atoms with Crippen molar-refractivity contribution in [1.82, 2.24) is 14.8 Å². The number of hydrogen-bond donors (Lipinski definition) is 0. The van der Waals surface area contributed by atoms with Crippen molar-refractivity contribution in [2.24, 2.45) is 0 Å². The smallest absolute Gasteiger partial charge is 0.191 e. The molecule has 0 aliphatic rings. The number of thioether (sulfide) groups is 1. The highest BCUT2D eigenvalue weighted by Crippen LogP contribution is 2.20. The minimum absolute atomic E-state index is 0.611. The van der Waals surface area contributed by atoms with Gasteiger partial charge in [-0.1, -0.05) is 24.8 Å². The van der Waals surface area contributed by atoms with E-state index in [4.69, 9.17) is 9.47 Å². The number of ether oxygens (including phenoxy) is 2. The van der Waals surface area contributed by atoms with Crippen molar-refractivity contribution in [1.29, 1.82) is 0 Å². The maximum atomic E-state index is 5.74. The van der Waals surface area contributed by atoms with E-state index in [1.165, 1.54) is 0 Å². The van der Waals surface area contributed by atoms with Crippen LogP contribution in [0.15, 0.2) is 42.1 Å². The number of hydrogen-bond acceptors (Lipinski definition) is 5. The predicted molar refractivity (Wildman–Crippen MR) is 93.4 cm³/mol. The molecule has 0 bridgehead atoms. The third-order valence-corrected chi connectivity index (χ3v) is 4.02. The molecule has 0 N–H and O–H groups in total. The first kappa shape index (κ1) is 17.4. The number of benzene rings is 1. The van der Waals surface area contributed by atoms with Crippen molar-refractivity contribution in [2.75, 3.05) is 19.0 Å². The van der Waals surface area contributed by atoms with Crippen LogP contribution in [0, 0.1) is 6.92 Å². The average Bonchev–Trinajstić information content (AvgIpc) is 2.92. The van der Waals surface area contributed by atoms with Crippen molar-refractivity contribution < 1.29 is 9.47 Å². The lowest BCUT2D eigenvalue weighted by Gasteiger charge is -2.08. The predicted octanol–water partition coefficient (Wildman–Crippen LogP) is 3.73. The van der Waals surface area contributed by atoms with Crippen LogP contribution in [0.3, 0.4) is 0 Å². The van der Waals surface area contributed by atoms with Gasteiger partial charge in [-0.05, 0) is 37.6 Å². The van der Waals surface area contributed by atoms with Crippen LogP contribution in [0.5, 0.6) is 11.5 Å². The van der Waals surface area contributed by atoms with Crippen molar-refractivity contribution in [3.05, 3.63) is 42.7 Å². The van der Waals surface area contributed by atoms with Crippen LogP contribution in [0.25, 0.3) is 0 Å². The summed E-state index contributed by atoms with van der Waals surface area (Å²) in [5, 5.41) is 9.17. The van der Waals surface area contributed by atoms with Crippen LogP contribution in [0.1, 0.15) is 19.2 Å². The Balaban J connectivity index is 1.76. The molecule has 6 heteroatoms. The fourth-order valence-electron chi connectivity index (χ4n) is 1.95. The van der Waals surface area contributed by atoms with Gasteiger partial charge in [-0.15, -0.1) is 16.8 Å². The summed E-state index contributed by atoms with van der Waals surface area (Å²) < 4.78 is 13.3. The van der Waals surface area contributed by atoms with Crippen molar-refractivity contribution in [3.8, 4) is 11.5 Å². The van der Waals surface area contributed by atoms with Gasteiger partial charge >= 0.3 is 0 Å². The second-order valence-electron chi connectivity index (χ2n) is 4.95. The first-order valence-electron chi connectivity index (χ1n) is 7.73. The second-order valence-corrected chi connectivity index (χ2v) is 6.01. The fourth-order valence-corrected chi connectivity index (χ4v) is 2.76. The molecule has 5 nitrogen and oxygen atoms in total. The molecule has 23 heavy (non-hydrogen) atoms. The van der Waals surface area contributed by atoms with Gasteiger partial charge in [0, 0.05) is 12.3 Å². The SMILES string of the molecule is C=CCn1c(C)nnc1SCCOc1ccc(OCCC)cc1. The lowest BCUT2D eigenvalue weighted by molar-refractivity contribution is 0.314. The molecule has 0 saturated carbocycles. The number of rotatable bonds is 10. The Bertz CT molecular complexity index is 611. The van der Waals surface area contributed by atoms with Crippen molar-refractivity contribution in [2.45, 2.75) is 32.0 Å². The fraction of sp³-hybridized carbons (Fsp3) is 0.412. The number of allylic oxidation sites excluding steroid dienone is 1. The van der Waals surface area contributed by atoms with Gasteiger partial charge in [0.25, 0.3) is 0 Å². The molecule has 0 fully saturated rings. The summed E-state index contributed by atoms with van der Waals surface area (Å²) in [7, 11) is 0. The summed E-state index contributed by atoms with van der Waals surface area (Å²) in [6.45, 7) is 9.86. The molecule has 2 aromatic rings. The number of aryl methyl sites for hydroxylation is 1. The number of nitrogens with zero attached hydrogens (tertiary/aromatic N) is 3. The maximum Gasteiger partial charge on any atom is 0.191 e. The highest BCUT2D eigenvalue weighted by molar-refractivity contribution is 7.99. The first-order chi connectivity index (χ1) is 11.2. The van der Waals surface area contributed by atoms with E-state index in [-0.39, 0.29) is 0 Å². The third kappa shape index (κ3) is 5.32. The van der Waals surface area contributed by atoms with Crippen LogP contribution >= 0.6 is 11.8 Å². The monoisotopic (exact) mass is 333 g/mol. The summed E-state index contributed by atoms with van der Waals surface area (Å²) in [6.07, 6.45) is 2.85. The molecule has 0 spiro atoms. The van der Waals surface area contributed by atoms with E-state index >= 15 is 0 Å². The molecule has 2 rings (SSSR count). The van der Waals surface area contributed by atoms with Gasteiger partial charge in [0.05, 0.1) is 13.2 Å². The minimum atomic E-state index is 0.611. The van der Waals surface area contributed by atoms with Gasteiger partial charge < -0.3 is 14.0 Å². The summed E-state index contributed by atoms with van der Waals surface area (Å²) in [6, 6.07) is 7.73. The van der Waals surface area contributed by atoms with Crippen LogP contribution in [-0.4, -0.2) is 33.7 Å². The maximum absolute atomic E-state index is 5.74. The second kappa shape index (κ2) is 9.25. The zero-order valence-corrected chi connectivity index (χ0v) is 14.5. The van der Waals surface area contributed by atoms with Gasteiger partial charge in [-0.25, -0.2) is 0 Å². The molecule has 0 aliphatic heterocycles. The Morgan fingerprint density at radius 3 is 2.39 bits per heavy atom. The molecule has 0 unspecified atom stereocenters. The van der Waals surface area contributed by atoms with Crippen molar-refractivity contribution in [3.63, 3.8) is 0 Å². The van der Waals surface area contributed by atoms with Gasteiger partial charge in [-0.2, -0.15) is 0 Å². The standard InChI is InChI=1S/C17H23N3O2S/c1-4-10-20-14(3)18-19-17(20)23-13-12-22-16-8-6-15(7-9-16)21-11-5-2/h4,6-9H,1,5,10-13H2,2-3H3. The third-order valence-electron chi connectivity index (χ3n) is 3.09. The highest BCUT2D eigenvalue weighted by atomic mass is 32.2. The minimum Gasteiger partial charge on any atom is -0.494 e. The van der Waals surface area contributed by atoms with E-state index in [1.54, 1.807) is 11.8 Å². The number of aromatic nitrogens is 3. The van der Waals surface area contributed by atoms with Crippen LogP contribution in [0.2, 0.25) is 0 Å². The normalized spacial score (nSPS) is 10.5. The van der Waals surface area contributed by atoms with Crippen LogP contribution in [0.4, 0.5) is 0 Å². The molecule has 0 atom stereocenters. The Morgan fingerprint density at radius 1 is 1.13 bits per heavy atom. The van der Waals surface area contributed by atoms with E-state index in [1.807, 2.05) is 41.8 Å². The summed E-state index contributed by atoms with van der Waals surface area (Å²) in [5.74, 6) is 3.43. The van der Waals surface area contributed by atoms with Gasteiger partial charge in [0.1, 0.15) is 17.3 Å². The van der Waals surface area contributed by atoms with Gasteiger partial charge in [0.2, 0.25) is 0 Å². The highest BCUT2D eigenvalue weighted by Gasteiger charge is 2.07. The molecular weight excluding hydrogens is 310 g/mol. The lowest BCUT2D eigenvalue weighted by Crippen LogP contribution is -2.04. The molecule has 0 radical (unpaired) electrons. The summed E-state index contributed by atoms with van der Waals surface area (Å²) in [5.41, 5.74) is 0. The largest absolute Gasteiger partial charge is 0.494 e. The Morgan fingerprint density at radius 2 is 1.78 bits per heavy atom. The summed E-state index contributed by atoms with van der Waals surface area (Å²) in [4.78, 5) is 0. The topological polar surface area (TPSA) is 49.2 Å². The molecule has 0 aliphatic carbocycles. The molecule has 0 saturated heterocycles. The van der Waals surface area contributed by atoms with Gasteiger partial charge in [0.15, 0.2) is 5.16 Å². The van der Waals surface area contributed by atoms with E-state index in [2.05, 4.69) is 23.7 Å². The molecule has 1 aromatic carbocycles. The van der Waals surface area contributed by atoms with E-state index in [9.17, 15) is 0 Å². The average molecular weight is 333 g/mol. The molecule has 1 aromatic heterocycles. The Hall–Kier alpha value is -1.95. The van der Waals surface area contributed by atoms with Crippen LogP contribution < -0.4 is 9.47 Å².